The van der Waals surface area contributed by atoms with Crippen molar-refractivity contribution in [1.29, 1.82) is 0 Å². The molecule has 0 atom stereocenters. The molecule has 6 nitrogen and oxygen atoms in total. The number of aryl methyl sites for hydroxylation is 2. The lowest BCUT2D eigenvalue weighted by Crippen LogP contribution is -2.40. The number of amides is 1. The summed E-state index contributed by atoms with van der Waals surface area (Å²) in [5, 5.41) is 6.99. The number of piperidine rings is 1. The fraction of sp³-hybridized carbons (Fsp3) is 0.375. The van der Waals surface area contributed by atoms with Crippen LogP contribution in [0.15, 0.2) is 53.1 Å². The van der Waals surface area contributed by atoms with Gasteiger partial charge in [0.2, 0.25) is 17.6 Å². The van der Waals surface area contributed by atoms with Crippen molar-refractivity contribution in [2.75, 3.05) is 13.1 Å². The van der Waals surface area contributed by atoms with E-state index in [2.05, 4.69) is 51.5 Å². The first-order valence-electron chi connectivity index (χ1n) is 10.5. The van der Waals surface area contributed by atoms with Gasteiger partial charge in [-0.3, -0.25) is 9.69 Å². The number of nitrogens with one attached hydrogen (secondary N) is 1. The maximum Gasteiger partial charge on any atom is 0.246 e. The van der Waals surface area contributed by atoms with Crippen LogP contribution in [0, 0.1) is 19.8 Å². The third-order valence-electron chi connectivity index (χ3n) is 5.64. The minimum Gasteiger partial charge on any atom is -0.347 e. The highest BCUT2D eigenvalue weighted by Crippen LogP contribution is 2.20. The van der Waals surface area contributed by atoms with Crippen LogP contribution in [-0.4, -0.2) is 34.0 Å². The Morgan fingerprint density at radius 2 is 1.87 bits per heavy atom. The number of benzene rings is 2. The summed E-state index contributed by atoms with van der Waals surface area (Å²) in [6.45, 7) is 7.20. The van der Waals surface area contributed by atoms with Crippen LogP contribution in [0.1, 0.15) is 35.4 Å². The molecule has 156 valence electrons. The molecule has 0 unspecified atom stereocenters. The highest BCUT2D eigenvalue weighted by Gasteiger charge is 2.25. The summed E-state index contributed by atoms with van der Waals surface area (Å²) in [7, 11) is 0. The Morgan fingerprint density at radius 3 is 2.60 bits per heavy atom. The van der Waals surface area contributed by atoms with E-state index in [1.807, 2.05) is 31.2 Å². The van der Waals surface area contributed by atoms with Crippen LogP contribution >= 0.6 is 0 Å². The van der Waals surface area contributed by atoms with E-state index in [0.29, 0.717) is 11.7 Å². The van der Waals surface area contributed by atoms with Crippen LogP contribution in [0.25, 0.3) is 11.4 Å². The van der Waals surface area contributed by atoms with Gasteiger partial charge < -0.3 is 9.84 Å². The fourth-order valence-electron chi connectivity index (χ4n) is 3.84. The molecule has 1 aliphatic heterocycles. The molecule has 2 aromatic carbocycles. The number of carbonyl (C=O) groups excluding carboxylic acids is 1. The smallest absolute Gasteiger partial charge is 0.246 e. The average Bonchev–Trinajstić information content (AvgIpc) is 3.23. The summed E-state index contributed by atoms with van der Waals surface area (Å²) in [5.41, 5.74) is 4.66. The SMILES string of the molecule is Cc1ccc(CN2CCC(C(=O)NCc3nc(-c4cccc(C)c4)no3)CC2)cc1. The van der Waals surface area contributed by atoms with Crippen molar-refractivity contribution in [1.82, 2.24) is 20.4 Å². The van der Waals surface area contributed by atoms with E-state index in [9.17, 15) is 4.79 Å². The summed E-state index contributed by atoms with van der Waals surface area (Å²) in [6, 6.07) is 16.6. The van der Waals surface area contributed by atoms with Crippen LogP contribution in [-0.2, 0) is 17.9 Å². The molecule has 1 amide bonds. The number of aromatic nitrogens is 2. The van der Waals surface area contributed by atoms with E-state index in [1.54, 1.807) is 0 Å². The Balaban J connectivity index is 1.24. The maximum absolute atomic E-state index is 12.6. The van der Waals surface area contributed by atoms with E-state index in [1.165, 1.54) is 11.1 Å². The third kappa shape index (κ3) is 5.13. The lowest BCUT2D eigenvalue weighted by Gasteiger charge is -2.31. The van der Waals surface area contributed by atoms with Gasteiger partial charge in [-0.1, -0.05) is 58.7 Å². The van der Waals surface area contributed by atoms with Crippen molar-refractivity contribution in [3.05, 3.63) is 71.1 Å². The number of nitrogens with zero attached hydrogens (tertiary/aromatic N) is 3. The first-order chi connectivity index (χ1) is 14.6. The number of likely N-dealkylation sites (tertiary alicyclic amines) is 1. The van der Waals surface area contributed by atoms with E-state index < -0.39 is 0 Å². The molecule has 0 saturated carbocycles. The lowest BCUT2D eigenvalue weighted by atomic mass is 9.95. The van der Waals surface area contributed by atoms with Gasteiger partial charge in [-0.25, -0.2) is 0 Å². The number of hydrogen-bond donors (Lipinski definition) is 1. The van der Waals surface area contributed by atoms with Crippen LogP contribution in [0.3, 0.4) is 0 Å². The summed E-state index contributed by atoms with van der Waals surface area (Å²) in [6.07, 6.45) is 1.74. The van der Waals surface area contributed by atoms with Crippen molar-refractivity contribution in [3.8, 4) is 11.4 Å². The van der Waals surface area contributed by atoms with Gasteiger partial charge in [-0.05, 0) is 51.4 Å². The lowest BCUT2D eigenvalue weighted by molar-refractivity contribution is -0.126. The summed E-state index contributed by atoms with van der Waals surface area (Å²) >= 11 is 0. The third-order valence-corrected chi connectivity index (χ3v) is 5.64. The second-order valence-corrected chi connectivity index (χ2v) is 8.14. The molecule has 0 radical (unpaired) electrons. The fourth-order valence-corrected chi connectivity index (χ4v) is 3.84. The predicted molar refractivity (Wildman–Crippen MR) is 115 cm³/mol. The molecule has 6 heteroatoms. The molecule has 1 saturated heterocycles. The van der Waals surface area contributed by atoms with Crippen molar-refractivity contribution in [2.45, 2.75) is 39.8 Å². The molecule has 1 aromatic heterocycles. The quantitative estimate of drug-likeness (QED) is 0.675. The minimum atomic E-state index is 0.0402. The number of carbonyl (C=O) groups is 1. The average molecular weight is 405 g/mol. The zero-order chi connectivity index (χ0) is 20.9. The molecule has 1 fully saturated rings. The maximum atomic E-state index is 12.6. The van der Waals surface area contributed by atoms with Gasteiger partial charge in [0.05, 0.1) is 6.54 Å². The molecular weight excluding hydrogens is 376 g/mol. The first kappa shape index (κ1) is 20.3. The molecule has 1 aliphatic rings. The van der Waals surface area contributed by atoms with Gasteiger partial charge in [0.1, 0.15) is 0 Å². The molecular formula is C24H28N4O2. The van der Waals surface area contributed by atoms with Gasteiger partial charge in [0.25, 0.3) is 0 Å². The summed E-state index contributed by atoms with van der Waals surface area (Å²) in [5.74, 6) is 1.09. The second-order valence-electron chi connectivity index (χ2n) is 8.14. The molecule has 1 N–H and O–H groups in total. The van der Waals surface area contributed by atoms with Crippen LogP contribution in [0.4, 0.5) is 0 Å². The summed E-state index contributed by atoms with van der Waals surface area (Å²) in [4.78, 5) is 19.4. The minimum absolute atomic E-state index is 0.0402. The predicted octanol–water partition coefficient (Wildman–Crippen LogP) is 3.88. The number of rotatable bonds is 6. The van der Waals surface area contributed by atoms with E-state index in [-0.39, 0.29) is 18.4 Å². The van der Waals surface area contributed by atoms with Gasteiger partial charge in [0, 0.05) is 18.0 Å². The molecule has 4 rings (SSSR count). The van der Waals surface area contributed by atoms with Crippen LogP contribution in [0.2, 0.25) is 0 Å². The first-order valence-corrected chi connectivity index (χ1v) is 10.5. The molecule has 3 aromatic rings. The number of hydrogen-bond acceptors (Lipinski definition) is 5. The van der Waals surface area contributed by atoms with Crippen LogP contribution < -0.4 is 5.32 Å². The summed E-state index contributed by atoms with van der Waals surface area (Å²) < 4.78 is 5.30. The molecule has 0 bridgehead atoms. The van der Waals surface area contributed by atoms with Gasteiger partial charge in [-0.2, -0.15) is 4.98 Å². The van der Waals surface area contributed by atoms with Crippen molar-refractivity contribution in [3.63, 3.8) is 0 Å². The standard InChI is InChI=1S/C24H28N4O2/c1-17-6-8-19(9-7-17)16-28-12-10-20(11-13-28)24(29)25-15-22-26-23(27-30-22)21-5-3-4-18(2)14-21/h3-9,14,20H,10-13,15-16H2,1-2H3,(H,25,29). The van der Waals surface area contributed by atoms with Gasteiger partial charge >= 0.3 is 0 Å². The molecule has 2 heterocycles. The molecule has 0 spiro atoms. The van der Waals surface area contributed by atoms with E-state index in [4.69, 9.17) is 4.52 Å². The van der Waals surface area contributed by atoms with Gasteiger partial charge in [-0.15, -0.1) is 0 Å². The van der Waals surface area contributed by atoms with E-state index in [0.717, 1.165) is 43.6 Å². The highest BCUT2D eigenvalue weighted by atomic mass is 16.5. The van der Waals surface area contributed by atoms with Gasteiger partial charge in [0.15, 0.2) is 0 Å². The van der Waals surface area contributed by atoms with Crippen molar-refractivity contribution < 1.29 is 9.32 Å². The Morgan fingerprint density at radius 1 is 1.10 bits per heavy atom. The molecule has 0 aliphatic carbocycles. The Hall–Kier alpha value is -2.99. The zero-order valence-corrected chi connectivity index (χ0v) is 17.6. The Labute approximate surface area is 177 Å². The van der Waals surface area contributed by atoms with Crippen molar-refractivity contribution >= 4 is 5.91 Å². The largest absolute Gasteiger partial charge is 0.347 e. The van der Waals surface area contributed by atoms with E-state index >= 15 is 0 Å². The monoisotopic (exact) mass is 404 g/mol. The van der Waals surface area contributed by atoms with Crippen LogP contribution in [0.5, 0.6) is 0 Å². The normalized spacial score (nSPS) is 15.3. The zero-order valence-electron chi connectivity index (χ0n) is 17.6. The van der Waals surface area contributed by atoms with Crippen molar-refractivity contribution in [2.24, 2.45) is 5.92 Å². The topological polar surface area (TPSA) is 71.3 Å². The second kappa shape index (κ2) is 9.22. The Bertz CT molecular complexity index is 988. The highest BCUT2D eigenvalue weighted by molar-refractivity contribution is 5.78. The molecule has 30 heavy (non-hydrogen) atoms. The Kier molecular flexibility index (Phi) is 6.23.